The summed E-state index contributed by atoms with van der Waals surface area (Å²) in [4.78, 5) is 14.5. The molecule has 2 aromatic rings. The first-order chi connectivity index (χ1) is 11.2. The molecule has 4 heteroatoms. The fraction of sp³-hybridized carbons (Fsp3) is 0.316. The summed E-state index contributed by atoms with van der Waals surface area (Å²) in [5.74, 6) is 0. The number of para-hydroxylation sites is 2. The molecule has 0 saturated carbocycles. The van der Waals surface area contributed by atoms with Crippen LogP contribution in [0.4, 0.5) is 16.2 Å². The number of benzene rings is 2. The zero-order valence-corrected chi connectivity index (χ0v) is 13.3. The monoisotopic (exact) mass is 310 g/mol. The molecule has 4 nitrogen and oxygen atoms in total. The molecule has 0 aromatic heterocycles. The zero-order valence-electron chi connectivity index (χ0n) is 13.3. The quantitative estimate of drug-likeness (QED) is 0.844. The van der Waals surface area contributed by atoms with Crippen molar-refractivity contribution in [2.45, 2.75) is 32.3 Å². The number of aliphatic hydroxyl groups is 1. The van der Waals surface area contributed by atoms with Gasteiger partial charge in [0.15, 0.2) is 0 Å². The molecule has 1 unspecified atom stereocenters. The fourth-order valence-corrected chi connectivity index (χ4v) is 2.99. The number of urea groups is 1. The Bertz CT molecular complexity index is 699. The summed E-state index contributed by atoms with van der Waals surface area (Å²) in [7, 11) is 0. The Morgan fingerprint density at radius 3 is 2.65 bits per heavy atom. The molecule has 23 heavy (non-hydrogen) atoms. The average molecular weight is 310 g/mol. The van der Waals surface area contributed by atoms with Crippen molar-refractivity contribution in [2.24, 2.45) is 0 Å². The van der Waals surface area contributed by atoms with E-state index in [1.165, 1.54) is 0 Å². The van der Waals surface area contributed by atoms with Gasteiger partial charge in [-0.25, -0.2) is 4.79 Å². The highest BCUT2D eigenvalue weighted by atomic mass is 16.3. The van der Waals surface area contributed by atoms with Crippen molar-refractivity contribution in [3.05, 3.63) is 59.7 Å². The Kier molecular flexibility index (Phi) is 4.63. The SMILES string of the molecule is CCCCNC(=O)N1c2ccccc2CC(O)c2ccccc21. The number of unbranched alkanes of at least 4 members (excludes halogenated alkanes) is 1. The predicted molar refractivity (Wildman–Crippen MR) is 92.0 cm³/mol. The van der Waals surface area contributed by atoms with Crippen LogP contribution >= 0.6 is 0 Å². The maximum Gasteiger partial charge on any atom is 0.326 e. The van der Waals surface area contributed by atoms with Crippen molar-refractivity contribution in [1.29, 1.82) is 0 Å². The van der Waals surface area contributed by atoms with Gasteiger partial charge in [-0.15, -0.1) is 0 Å². The second-order valence-corrected chi connectivity index (χ2v) is 5.83. The summed E-state index contributed by atoms with van der Waals surface area (Å²) in [6.45, 7) is 2.75. The lowest BCUT2D eigenvalue weighted by molar-refractivity contribution is 0.180. The number of nitrogens with one attached hydrogen (secondary N) is 1. The third-order valence-corrected chi connectivity index (χ3v) is 4.19. The van der Waals surface area contributed by atoms with E-state index < -0.39 is 6.10 Å². The lowest BCUT2D eigenvalue weighted by Crippen LogP contribution is -2.37. The van der Waals surface area contributed by atoms with Gasteiger partial charge in [-0.05, 0) is 24.1 Å². The van der Waals surface area contributed by atoms with Gasteiger partial charge in [0.1, 0.15) is 0 Å². The van der Waals surface area contributed by atoms with E-state index in [2.05, 4.69) is 12.2 Å². The molecule has 3 rings (SSSR count). The number of fused-ring (bicyclic) bond motifs is 2. The first kappa shape index (κ1) is 15.6. The Hall–Kier alpha value is -2.33. The molecule has 0 bridgehead atoms. The van der Waals surface area contributed by atoms with Crippen LogP contribution in [0.15, 0.2) is 48.5 Å². The first-order valence-corrected chi connectivity index (χ1v) is 8.15. The summed E-state index contributed by atoms with van der Waals surface area (Å²) >= 11 is 0. The summed E-state index contributed by atoms with van der Waals surface area (Å²) in [5.41, 5.74) is 3.35. The number of hydrogen-bond acceptors (Lipinski definition) is 2. The van der Waals surface area contributed by atoms with E-state index in [-0.39, 0.29) is 6.03 Å². The Morgan fingerprint density at radius 1 is 1.17 bits per heavy atom. The summed E-state index contributed by atoms with van der Waals surface area (Å²) in [6, 6.07) is 15.2. The van der Waals surface area contributed by atoms with Gasteiger partial charge in [-0.2, -0.15) is 0 Å². The van der Waals surface area contributed by atoms with Crippen LogP contribution in [0, 0.1) is 0 Å². The highest BCUT2D eigenvalue weighted by Crippen LogP contribution is 2.39. The number of carbonyl (C=O) groups excluding carboxylic acids is 1. The van der Waals surface area contributed by atoms with Crippen molar-refractivity contribution >= 4 is 17.4 Å². The number of amides is 2. The van der Waals surface area contributed by atoms with E-state index >= 15 is 0 Å². The van der Waals surface area contributed by atoms with Gasteiger partial charge in [0.2, 0.25) is 0 Å². The normalized spacial score (nSPS) is 16.3. The van der Waals surface area contributed by atoms with Crippen LogP contribution in [0.3, 0.4) is 0 Å². The molecule has 0 saturated heterocycles. The summed E-state index contributed by atoms with van der Waals surface area (Å²) < 4.78 is 0. The third-order valence-electron chi connectivity index (χ3n) is 4.19. The number of aliphatic hydroxyl groups excluding tert-OH is 1. The van der Waals surface area contributed by atoms with Gasteiger partial charge in [0.05, 0.1) is 17.5 Å². The minimum Gasteiger partial charge on any atom is -0.388 e. The topological polar surface area (TPSA) is 52.6 Å². The van der Waals surface area contributed by atoms with Crippen LogP contribution in [-0.2, 0) is 6.42 Å². The molecule has 120 valence electrons. The van der Waals surface area contributed by atoms with Crippen molar-refractivity contribution in [2.75, 3.05) is 11.4 Å². The van der Waals surface area contributed by atoms with Crippen LogP contribution in [0.25, 0.3) is 0 Å². The second-order valence-electron chi connectivity index (χ2n) is 5.83. The molecular formula is C19H22N2O2. The molecule has 1 atom stereocenters. The lowest BCUT2D eigenvalue weighted by Gasteiger charge is -2.25. The third kappa shape index (κ3) is 3.08. The second kappa shape index (κ2) is 6.84. The van der Waals surface area contributed by atoms with Crippen molar-refractivity contribution in [3.63, 3.8) is 0 Å². The van der Waals surface area contributed by atoms with Gasteiger partial charge in [0, 0.05) is 18.5 Å². The highest BCUT2D eigenvalue weighted by molar-refractivity contribution is 6.01. The minimum absolute atomic E-state index is 0.146. The standard InChI is InChI=1S/C19H22N2O2/c1-2-3-12-20-19(23)21-16-10-6-4-8-14(16)13-18(22)15-9-5-7-11-17(15)21/h4-11,18,22H,2-3,12-13H2,1H3,(H,20,23). The van der Waals surface area contributed by atoms with Gasteiger partial charge in [-0.3, -0.25) is 4.90 Å². The number of anilines is 2. The Morgan fingerprint density at radius 2 is 1.87 bits per heavy atom. The summed E-state index contributed by atoms with van der Waals surface area (Å²) in [5, 5.41) is 13.5. The van der Waals surface area contributed by atoms with E-state index in [1.807, 2.05) is 48.5 Å². The number of carbonyl (C=O) groups is 1. The smallest absolute Gasteiger partial charge is 0.326 e. The maximum atomic E-state index is 12.8. The maximum absolute atomic E-state index is 12.8. The fourth-order valence-electron chi connectivity index (χ4n) is 2.99. The van der Waals surface area contributed by atoms with Crippen molar-refractivity contribution < 1.29 is 9.90 Å². The number of rotatable bonds is 3. The zero-order chi connectivity index (χ0) is 16.2. The summed E-state index contributed by atoms with van der Waals surface area (Å²) in [6.07, 6.45) is 1.88. The van der Waals surface area contributed by atoms with Gasteiger partial charge in [0.25, 0.3) is 0 Å². The number of hydrogen-bond donors (Lipinski definition) is 2. The Balaban J connectivity index is 2.05. The van der Waals surface area contributed by atoms with Gasteiger partial charge >= 0.3 is 6.03 Å². The van der Waals surface area contributed by atoms with Crippen LogP contribution in [0.5, 0.6) is 0 Å². The van der Waals surface area contributed by atoms with E-state index in [1.54, 1.807) is 4.90 Å². The largest absolute Gasteiger partial charge is 0.388 e. The van der Waals surface area contributed by atoms with Crippen molar-refractivity contribution in [3.8, 4) is 0 Å². The molecule has 0 fully saturated rings. The molecule has 2 N–H and O–H groups in total. The molecule has 0 radical (unpaired) electrons. The minimum atomic E-state index is -0.610. The Labute approximate surface area is 136 Å². The van der Waals surface area contributed by atoms with Gasteiger partial charge < -0.3 is 10.4 Å². The highest BCUT2D eigenvalue weighted by Gasteiger charge is 2.28. The molecule has 2 amide bonds. The van der Waals surface area contributed by atoms with Crippen LogP contribution in [0.2, 0.25) is 0 Å². The van der Waals surface area contributed by atoms with Gasteiger partial charge in [-0.1, -0.05) is 49.7 Å². The van der Waals surface area contributed by atoms with E-state index in [0.717, 1.165) is 35.3 Å². The molecule has 0 spiro atoms. The van der Waals surface area contributed by atoms with Crippen LogP contribution < -0.4 is 10.2 Å². The molecule has 1 aliphatic heterocycles. The average Bonchev–Trinajstić information content (AvgIpc) is 2.69. The number of nitrogens with zero attached hydrogens (tertiary/aromatic N) is 1. The lowest BCUT2D eigenvalue weighted by atomic mass is 10.0. The molecular weight excluding hydrogens is 288 g/mol. The molecule has 1 heterocycles. The van der Waals surface area contributed by atoms with Crippen LogP contribution in [0.1, 0.15) is 37.0 Å². The van der Waals surface area contributed by atoms with Crippen molar-refractivity contribution in [1.82, 2.24) is 5.32 Å². The van der Waals surface area contributed by atoms with E-state index in [4.69, 9.17) is 0 Å². The predicted octanol–water partition coefficient (Wildman–Crippen LogP) is 3.92. The molecule has 0 aliphatic carbocycles. The van der Waals surface area contributed by atoms with E-state index in [0.29, 0.717) is 13.0 Å². The first-order valence-electron chi connectivity index (χ1n) is 8.15. The van der Waals surface area contributed by atoms with E-state index in [9.17, 15) is 9.90 Å². The van der Waals surface area contributed by atoms with Crippen LogP contribution in [-0.4, -0.2) is 17.7 Å². The molecule has 1 aliphatic rings. The molecule has 2 aromatic carbocycles.